The molecule has 2 aromatic rings. The zero-order chi connectivity index (χ0) is 12.6. The topological polar surface area (TPSA) is 43.3 Å². The SMILES string of the molecule is Nc1nn2c(SF)cccc2c1CC(F)(F)F. The van der Waals surface area contributed by atoms with Crippen LogP contribution in [0.25, 0.3) is 5.52 Å². The maximum atomic E-state index is 12.5. The molecule has 0 aliphatic rings. The molecule has 0 atom stereocenters. The van der Waals surface area contributed by atoms with Crippen molar-refractivity contribution in [2.24, 2.45) is 0 Å². The lowest BCUT2D eigenvalue weighted by Crippen LogP contribution is -2.12. The molecule has 2 rings (SSSR count). The monoisotopic (exact) mass is 265 g/mol. The average Bonchev–Trinajstić information content (AvgIpc) is 2.53. The number of nitrogen functional groups attached to an aromatic ring is 1. The normalized spacial score (nSPS) is 12.2. The minimum Gasteiger partial charge on any atom is -0.382 e. The second kappa shape index (κ2) is 4.10. The lowest BCUT2D eigenvalue weighted by Gasteiger charge is -2.05. The van der Waals surface area contributed by atoms with E-state index in [9.17, 15) is 17.1 Å². The Bertz CT molecular complexity index is 549. The summed E-state index contributed by atoms with van der Waals surface area (Å²) in [6.45, 7) is 0. The van der Waals surface area contributed by atoms with Crippen LogP contribution in [-0.4, -0.2) is 15.8 Å². The molecule has 2 heterocycles. The van der Waals surface area contributed by atoms with Gasteiger partial charge in [0.15, 0.2) is 0 Å². The van der Waals surface area contributed by atoms with Crippen molar-refractivity contribution < 1.29 is 17.1 Å². The summed E-state index contributed by atoms with van der Waals surface area (Å²) in [6, 6.07) is 4.28. The molecule has 0 aliphatic carbocycles. The lowest BCUT2D eigenvalue weighted by atomic mass is 10.2. The van der Waals surface area contributed by atoms with Crippen molar-refractivity contribution in [2.75, 3.05) is 5.73 Å². The summed E-state index contributed by atoms with van der Waals surface area (Å²) >= 11 is -0.0980. The molecule has 0 unspecified atom stereocenters. The third-order valence-electron chi connectivity index (χ3n) is 2.21. The van der Waals surface area contributed by atoms with Crippen LogP contribution >= 0.6 is 12.1 Å². The molecule has 0 bridgehead atoms. The lowest BCUT2D eigenvalue weighted by molar-refractivity contribution is -0.126. The smallest absolute Gasteiger partial charge is 0.382 e. The fourth-order valence-corrected chi connectivity index (χ4v) is 1.89. The first-order chi connectivity index (χ1) is 7.92. The second-order valence-electron chi connectivity index (χ2n) is 3.39. The Kier molecular flexibility index (Phi) is 2.90. The standard InChI is InChI=1S/C9H7F4N3S/c10-9(11,12)4-5-6-2-1-3-7(17-13)16(6)15-8(5)14/h1-3H,4H2,(H2,14,15). The second-order valence-corrected chi connectivity index (χ2v) is 3.97. The summed E-state index contributed by atoms with van der Waals surface area (Å²) in [5.41, 5.74) is 5.46. The van der Waals surface area contributed by atoms with E-state index in [0.717, 1.165) is 4.52 Å². The molecule has 0 spiro atoms. The number of hydrogen-bond acceptors (Lipinski definition) is 3. The highest BCUT2D eigenvalue weighted by Gasteiger charge is 2.31. The molecule has 8 heteroatoms. The Hall–Kier alpha value is -1.44. The van der Waals surface area contributed by atoms with Crippen molar-refractivity contribution in [1.29, 1.82) is 0 Å². The van der Waals surface area contributed by atoms with Gasteiger partial charge in [0.1, 0.15) is 23.0 Å². The van der Waals surface area contributed by atoms with E-state index in [2.05, 4.69) is 5.10 Å². The van der Waals surface area contributed by atoms with Crippen molar-refractivity contribution in [3.05, 3.63) is 23.8 Å². The molecule has 0 amide bonds. The third-order valence-corrected chi connectivity index (χ3v) is 2.68. The first kappa shape index (κ1) is 12.0. The predicted octanol–water partition coefficient (Wildman–Crippen LogP) is 3.00. The van der Waals surface area contributed by atoms with Gasteiger partial charge in [-0.2, -0.15) is 17.1 Å². The summed E-state index contributed by atoms with van der Waals surface area (Å²) in [5, 5.41) is 3.79. The number of aromatic nitrogens is 2. The van der Waals surface area contributed by atoms with Crippen LogP contribution in [0.1, 0.15) is 5.56 Å². The van der Waals surface area contributed by atoms with E-state index in [4.69, 9.17) is 5.73 Å². The summed E-state index contributed by atoms with van der Waals surface area (Å²) in [4.78, 5) is 0. The minimum atomic E-state index is -4.38. The molecular weight excluding hydrogens is 258 g/mol. The molecular formula is C9H7F4N3S. The van der Waals surface area contributed by atoms with E-state index in [1.807, 2.05) is 0 Å². The summed E-state index contributed by atoms with van der Waals surface area (Å²) < 4.78 is 50.6. The first-order valence-electron chi connectivity index (χ1n) is 4.54. The van der Waals surface area contributed by atoms with Gasteiger partial charge >= 0.3 is 6.18 Å². The third kappa shape index (κ3) is 2.31. The summed E-state index contributed by atoms with van der Waals surface area (Å²) in [7, 11) is 0. The number of nitrogens with zero attached hydrogens (tertiary/aromatic N) is 2. The number of nitrogens with two attached hydrogens (primary N) is 1. The largest absolute Gasteiger partial charge is 0.393 e. The fraction of sp³-hybridized carbons (Fsp3) is 0.222. The Labute approximate surface area is 97.9 Å². The van der Waals surface area contributed by atoms with Gasteiger partial charge < -0.3 is 5.73 Å². The van der Waals surface area contributed by atoms with E-state index in [1.54, 1.807) is 0 Å². The van der Waals surface area contributed by atoms with Crippen LogP contribution in [0, 0.1) is 0 Å². The summed E-state index contributed by atoms with van der Waals surface area (Å²) in [6.07, 6.45) is -5.56. The maximum absolute atomic E-state index is 12.5. The van der Waals surface area contributed by atoms with Crippen LogP contribution in [0.2, 0.25) is 0 Å². The molecule has 2 aromatic heterocycles. The summed E-state index contributed by atoms with van der Waals surface area (Å²) in [5.74, 6) is -0.233. The highest BCUT2D eigenvalue weighted by atomic mass is 32.2. The first-order valence-corrected chi connectivity index (χ1v) is 5.25. The fourth-order valence-electron chi connectivity index (χ4n) is 1.55. The maximum Gasteiger partial charge on any atom is 0.393 e. The van der Waals surface area contributed by atoms with Crippen molar-refractivity contribution >= 4 is 23.5 Å². The highest BCUT2D eigenvalue weighted by molar-refractivity contribution is 7.94. The minimum absolute atomic E-state index is 0.0858. The van der Waals surface area contributed by atoms with Gasteiger partial charge in [-0.15, -0.1) is 5.10 Å². The molecule has 0 aliphatic heterocycles. The van der Waals surface area contributed by atoms with Gasteiger partial charge in [-0.25, -0.2) is 4.52 Å². The van der Waals surface area contributed by atoms with Gasteiger partial charge in [0, 0.05) is 5.56 Å². The van der Waals surface area contributed by atoms with Crippen LogP contribution in [0.4, 0.5) is 22.9 Å². The number of fused-ring (bicyclic) bond motifs is 1. The van der Waals surface area contributed by atoms with Crippen LogP contribution in [0.15, 0.2) is 23.2 Å². The molecule has 0 fully saturated rings. The number of hydrogen-bond donors (Lipinski definition) is 1. The number of rotatable bonds is 2. The van der Waals surface area contributed by atoms with Gasteiger partial charge in [-0.05, 0) is 12.1 Å². The van der Waals surface area contributed by atoms with Crippen molar-refractivity contribution in [2.45, 2.75) is 17.6 Å². The van der Waals surface area contributed by atoms with E-state index < -0.39 is 12.6 Å². The molecule has 0 aromatic carbocycles. The number of pyridine rings is 1. The number of halogens is 4. The molecule has 17 heavy (non-hydrogen) atoms. The molecule has 92 valence electrons. The Morgan fingerprint density at radius 2 is 2.06 bits per heavy atom. The van der Waals surface area contributed by atoms with Gasteiger partial charge in [-0.3, -0.25) is 0 Å². The molecule has 3 nitrogen and oxygen atoms in total. The van der Waals surface area contributed by atoms with Crippen LogP contribution in [0.3, 0.4) is 0 Å². The average molecular weight is 265 g/mol. The van der Waals surface area contributed by atoms with Gasteiger partial charge in [-0.1, -0.05) is 6.07 Å². The molecule has 0 saturated heterocycles. The van der Waals surface area contributed by atoms with Crippen molar-refractivity contribution in [3.8, 4) is 0 Å². The zero-order valence-electron chi connectivity index (χ0n) is 8.33. The predicted molar refractivity (Wildman–Crippen MR) is 56.3 cm³/mol. The quantitative estimate of drug-likeness (QED) is 0.849. The van der Waals surface area contributed by atoms with Gasteiger partial charge in [0.05, 0.1) is 11.9 Å². The molecule has 0 saturated carbocycles. The van der Waals surface area contributed by atoms with Crippen molar-refractivity contribution in [3.63, 3.8) is 0 Å². The van der Waals surface area contributed by atoms with Gasteiger partial charge in [0.2, 0.25) is 0 Å². The van der Waals surface area contributed by atoms with Gasteiger partial charge in [0.25, 0.3) is 0 Å². The van der Waals surface area contributed by atoms with Crippen LogP contribution in [0.5, 0.6) is 0 Å². The van der Waals surface area contributed by atoms with E-state index in [-0.39, 0.29) is 34.1 Å². The zero-order valence-corrected chi connectivity index (χ0v) is 9.15. The van der Waals surface area contributed by atoms with E-state index in [1.165, 1.54) is 18.2 Å². The van der Waals surface area contributed by atoms with Crippen LogP contribution in [-0.2, 0) is 6.42 Å². The highest BCUT2D eigenvalue weighted by Crippen LogP contribution is 2.30. The number of alkyl halides is 3. The Morgan fingerprint density at radius 3 is 2.65 bits per heavy atom. The molecule has 0 radical (unpaired) electrons. The van der Waals surface area contributed by atoms with E-state index >= 15 is 0 Å². The van der Waals surface area contributed by atoms with E-state index in [0.29, 0.717) is 0 Å². The molecule has 2 N–H and O–H groups in total. The number of anilines is 1. The van der Waals surface area contributed by atoms with Crippen molar-refractivity contribution in [1.82, 2.24) is 9.61 Å². The Balaban J connectivity index is 2.60. The van der Waals surface area contributed by atoms with Crippen LogP contribution < -0.4 is 5.73 Å². The Morgan fingerprint density at radius 1 is 1.35 bits per heavy atom.